The van der Waals surface area contributed by atoms with Gasteiger partial charge in [0.15, 0.2) is 5.11 Å². The summed E-state index contributed by atoms with van der Waals surface area (Å²) in [5, 5.41) is 8.05. The van der Waals surface area contributed by atoms with Crippen LogP contribution in [0.5, 0.6) is 0 Å². The summed E-state index contributed by atoms with van der Waals surface area (Å²) < 4.78 is 32.9. The van der Waals surface area contributed by atoms with E-state index in [-0.39, 0.29) is 17.7 Å². The van der Waals surface area contributed by atoms with E-state index >= 15 is 0 Å². The average molecular weight is 489 g/mol. The highest BCUT2D eigenvalue weighted by molar-refractivity contribution is 7.80. The molecule has 5 nitrogen and oxygen atoms in total. The Bertz CT molecular complexity index is 1410. The van der Waals surface area contributed by atoms with Crippen LogP contribution in [-0.2, 0) is 6.54 Å². The maximum Gasteiger partial charge on any atom is 0.258 e. The van der Waals surface area contributed by atoms with Gasteiger partial charge in [-0.15, -0.1) is 0 Å². The van der Waals surface area contributed by atoms with Crippen molar-refractivity contribution in [1.82, 2.24) is 20.4 Å². The predicted octanol–water partition coefficient (Wildman–Crippen LogP) is 6.19. The van der Waals surface area contributed by atoms with Crippen LogP contribution in [0.3, 0.4) is 0 Å². The lowest BCUT2D eigenvalue weighted by Gasteiger charge is -2.37. The number of rotatable bonds is 5. The van der Waals surface area contributed by atoms with Gasteiger partial charge < -0.3 is 14.7 Å². The van der Waals surface area contributed by atoms with Gasteiger partial charge >= 0.3 is 0 Å². The molecule has 0 amide bonds. The molecule has 2 heterocycles. The largest absolute Gasteiger partial charge is 0.351 e. The summed E-state index contributed by atoms with van der Waals surface area (Å²) >= 11 is 5.73. The van der Waals surface area contributed by atoms with Crippen molar-refractivity contribution in [2.45, 2.75) is 26.4 Å². The smallest absolute Gasteiger partial charge is 0.258 e. The fourth-order valence-corrected chi connectivity index (χ4v) is 4.43. The Labute approximate surface area is 207 Å². The minimum atomic E-state index is -0.378. The van der Waals surface area contributed by atoms with Gasteiger partial charge in [-0.05, 0) is 61.5 Å². The number of halogens is 2. The van der Waals surface area contributed by atoms with Crippen molar-refractivity contribution in [3.8, 4) is 11.4 Å². The molecule has 1 unspecified atom stereocenters. The Balaban J connectivity index is 1.59. The first-order valence-corrected chi connectivity index (χ1v) is 11.5. The lowest BCUT2D eigenvalue weighted by atomic mass is 9.94. The molecule has 1 aliphatic rings. The van der Waals surface area contributed by atoms with Crippen molar-refractivity contribution in [2.75, 3.05) is 0 Å². The van der Waals surface area contributed by atoms with Crippen LogP contribution >= 0.6 is 12.2 Å². The maximum absolute atomic E-state index is 13.8. The summed E-state index contributed by atoms with van der Waals surface area (Å²) in [7, 11) is 0. The zero-order valence-corrected chi connectivity index (χ0v) is 19.9. The number of thiocarbonyl (C=S) groups is 1. The second kappa shape index (κ2) is 9.38. The van der Waals surface area contributed by atoms with Gasteiger partial charge in [0.2, 0.25) is 5.82 Å². The van der Waals surface area contributed by atoms with Crippen molar-refractivity contribution in [3.63, 3.8) is 0 Å². The number of nitrogens with zero attached hydrogens (tertiary/aromatic N) is 3. The van der Waals surface area contributed by atoms with Gasteiger partial charge in [-0.1, -0.05) is 59.3 Å². The Kier molecular flexibility index (Phi) is 6.13. The van der Waals surface area contributed by atoms with Gasteiger partial charge in [0.25, 0.3) is 5.89 Å². The Morgan fingerprint density at radius 3 is 2.43 bits per heavy atom. The average Bonchev–Trinajstić information content (AvgIpc) is 3.33. The lowest BCUT2D eigenvalue weighted by molar-refractivity contribution is 0.396. The number of nitrogens with one attached hydrogen (secondary N) is 1. The zero-order chi connectivity index (χ0) is 24.5. The Hall–Kier alpha value is -3.91. The van der Waals surface area contributed by atoms with Gasteiger partial charge in [-0.25, -0.2) is 8.78 Å². The van der Waals surface area contributed by atoms with E-state index in [1.807, 2.05) is 43.0 Å². The van der Waals surface area contributed by atoms with E-state index in [1.54, 1.807) is 24.3 Å². The quantitative estimate of drug-likeness (QED) is 0.338. The van der Waals surface area contributed by atoms with E-state index in [0.717, 1.165) is 28.0 Å². The molecule has 0 saturated carbocycles. The van der Waals surface area contributed by atoms with Crippen LogP contribution in [-0.4, -0.2) is 20.2 Å². The highest BCUT2D eigenvalue weighted by Crippen LogP contribution is 2.38. The molecule has 1 aromatic heterocycles. The SMILES string of the molecule is CC1=C(c2nc(-c3cccc(F)c3)no2)C(c2ccc(C)cc2)NC(=S)N1Cc1ccc(F)cc1. The molecule has 0 fully saturated rings. The van der Waals surface area contributed by atoms with Crippen LogP contribution in [0.1, 0.15) is 35.5 Å². The van der Waals surface area contributed by atoms with Crippen molar-refractivity contribution in [3.05, 3.63) is 113 Å². The van der Waals surface area contributed by atoms with E-state index < -0.39 is 0 Å². The molecular weight excluding hydrogens is 466 g/mol. The third-order valence-corrected chi connectivity index (χ3v) is 6.34. The second-order valence-electron chi connectivity index (χ2n) is 8.44. The first kappa shape index (κ1) is 22.9. The summed E-state index contributed by atoms with van der Waals surface area (Å²) in [5.41, 5.74) is 5.14. The third kappa shape index (κ3) is 4.70. The summed E-state index contributed by atoms with van der Waals surface area (Å²) in [5.74, 6) is -0.0692. The molecule has 8 heteroatoms. The molecule has 0 saturated heterocycles. The number of hydrogen-bond donors (Lipinski definition) is 1. The number of aromatic nitrogens is 2. The first-order valence-electron chi connectivity index (χ1n) is 11.1. The molecule has 0 bridgehead atoms. The zero-order valence-electron chi connectivity index (χ0n) is 19.1. The fraction of sp³-hybridized carbons (Fsp3) is 0.148. The highest BCUT2D eigenvalue weighted by Gasteiger charge is 2.34. The lowest BCUT2D eigenvalue weighted by Crippen LogP contribution is -2.45. The molecule has 35 heavy (non-hydrogen) atoms. The third-order valence-electron chi connectivity index (χ3n) is 6.00. The minimum absolute atomic E-state index is 0.292. The molecule has 4 aromatic rings. The van der Waals surface area contributed by atoms with E-state index in [2.05, 4.69) is 15.5 Å². The summed E-state index contributed by atoms with van der Waals surface area (Å²) in [6.45, 7) is 4.41. The Morgan fingerprint density at radius 2 is 1.71 bits per heavy atom. The van der Waals surface area contributed by atoms with Gasteiger partial charge in [0, 0.05) is 17.8 Å². The molecule has 3 aromatic carbocycles. The molecule has 176 valence electrons. The maximum atomic E-state index is 13.8. The number of benzene rings is 3. The van der Waals surface area contributed by atoms with E-state index in [9.17, 15) is 8.78 Å². The number of aryl methyl sites for hydroxylation is 1. The van der Waals surface area contributed by atoms with Gasteiger partial charge in [0.05, 0.1) is 11.6 Å². The van der Waals surface area contributed by atoms with Crippen LogP contribution in [0.15, 0.2) is 83.0 Å². The standard InChI is InChI=1S/C27H22F2N4OS/c1-16-6-10-19(11-7-16)24-23(26-31-25(32-34-26)20-4-3-5-22(29)14-20)17(2)33(27(35)30-24)15-18-8-12-21(28)13-9-18/h3-14,24H,15H2,1-2H3,(H,30,35). The van der Waals surface area contributed by atoms with Gasteiger partial charge in [-0.2, -0.15) is 4.98 Å². The number of hydrogen-bond acceptors (Lipinski definition) is 4. The fourth-order valence-electron chi connectivity index (χ4n) is 4.11. The first-order chi connectivity index (χ1) is 16.9. The van der Waals surface area contributed by atoms with Crippen LogP contribution in [0.25, 0.3) is 17.0 Å². The van der Waals surface area contributed by atoms with Crippen molar-refractivity contribution in [2.24, 2.45) is 0 Å². The monoisotopic (exact) mass is 488 g/mol. The van der Waals surface area contributed by atoms with Crippen molar-refractivity contribution >= 4 is 22.9 Å². The molecule has 1 aliphatic heterocycles. The number of allylic oxidation sites excluding steroid dienone is 1. The highest BCUT2D eigenvalue weighted by atomic mass is 32.1. The molecule has 0 radical (unpaired) electrons. The minimum Gasteiger partial charge on any atom is -0.351 e. The predicted molar refractivity (Wildman–Crippen MR) is 134 cm³/mol. The van der Waals surface area contributed by atoms with Crippen LogP contribution < -0.4 is 5.32 Å². The van der Waals surface area contributed by atoms with Crippen LogP contribution in [0.4, 0.5) is 8.78 Å². The summed E-state index contributed by atoms with van der Waals surface area (Å²) in [6.07, 6.45) is 0. The van der Waals surface area contributed by atoms with Crippen molar-refractivity contribution < 1.29 is 13.3 Å². The van der Waals surface area contributed by atoms with Crippen LogP contribution in [0.2, 0.25) is 0 Å². The van der Waals surface area contributed by atoms with Crippen molar-refractivity contribution in [1.29, 1.82) is 0 Å². The molecule has 1 atom stereocenters. The van der Waals surface area contributed by atoms with Gasteiger partial charge in [-0.3, -0.25) is 0 Å². The molecule has 5 rings (SSSR count). The summed E-state index contributed by atoms with van der Waals surface area (Å²) in [6, 6.07) is 20.2. The van der Waals surface area contributed by atoms with E-state index in [4.69, 9.17) is 16.7 Å². The molecule has 0 spiro atoms. The molecule has 0 aliphatic carbocycles. The normalized spacial score (nSPS) is 15.9. The van der Waals surface area contributed by atoms with E-state index in [0.29, 0.717) is 28.9 Å². The van der Waals surface area contributed by atoms with Crippen LogP contribution in [0, 0.1) is 18.6 Å². The summed E-state index contributed by atoms with van der Waals surface area (Å²) in [4.78, 5) is 6.53. The van der Waals surface area contributed by atoms with Gasteiger partial charge in [0.1, 0.15) is 11.6 Å². The molecule has 1 N–H and O–H groups in total. The van der Waals surface area contributed by atoms with E-state index in [1.165, 1.54) is 24.3 Å². The molecular formula is C27H22F2N4OS. The topological polar surface area (TPSA) is 54.2 Å². The Morgan fingerprint density at radius 1 is 0.971 bits per heavy atom. The second-order valence-corrected chi connectivity index (χ2v) is 8.83.